The standard InChI is InChI=1S/C29H32N6O3/c36-27(22-9-14-30-18-24(22)21-6-2-1-3-7-21)33-16-11-29(38,12-17-33)19-34-20-32-26-23(28(34)37)10-15-35(26)25-8-4-5-13-31-25/h1-8,10,13,15,20,22,24,30,38H,9,11-12,14,16-19H2/t22-,24+/m1/s1. The van der Waals surface area contributed by atoms with E-state index in [9.17, 15) is 14.7 Å². The molecule has 5 heterocycles. The van der Waals surface area contributed by atoms with Gasteiger partial charge in [-0.2, -0.15) is 0 Å². The van der Waals surface area contributed by atoms with Crippen LogP contribution in [0.5, 0.6) is 0 Å². The van der Waals surface area contributed by atoms with Crippen molar-refractivity contribution < 1.29 is 9.90 Å². The summed E-state index contributed by atoms with van der Waals surface area (Å²) < 4.78 is 3.27. The first-order valence-corrected chi connectivity index (χ1v) is 13.3. The lowest BCUT2D eigenvalue weighted by Gasteiger charge is -2.41. The van der Waals surface area contributed by atoms with Gasteiger partial charge in [0.25, 0.3) is 5.56 Å². The smallest absolute Gasteiger partial charge is 0.262 e. The molecular weight excluding hydrogens is 480 g/mol. The average molecular weight is 513 g/mol. The van der Waals surface area contributed by atoms with Crippen molar-refractivity contribution >= 4 is 16.9 Å². The molecule has 0 aliphatic carbocycles. The Labute approximate surface area is 220 Å². The first kappa shape index (κ1) is 24.5. The summed E-state index contributed by atoms with van der Waals surface area (Å²) in [5, 5.41) is 15.3. The number of nitrogens with one attached hydrogen (secondary N) is 1. The minimum Gasteiger partial charge on any atom is -0.388 e. The Morgan fingerprint density at radius 1 is 1.05 bits per heavy atom. The zero-order valence-electron chi connectivity index (χ0n) is 21.2. The highest BCUT2D eigenvalue weighted by Crippen LogP contribution is 2.33. The maximum atomic E-state index is 13.6. The minimum absolute atomic E-state index is 0.0674. The lowest BCUT2D eigenvalue weighted by Crippen LogP contribution is -2.52. The Balaban J connectivity index is 1.15. The molecule has 0 bridgehead atoms. The van der Waals surface area contributed by atoms with E-state index in [1.807, 2.05) is 41.3 Å². The lowest BCUT2D eigenvalue weighted by atomic mass is 9.80. The van der Waals surface area contributed by atoms with Crippen LogP contribution in [0.3, 0.4) is 0 Å². The second kappa shape index (κ2) is 10.2. The molecule has 0 unspecified atom stereocenters. The Kier molecular flexibility index (Phi) is 6.55. The number of carbonyl (C=O) groups excluding carboxylic acids is 1. The fourth-order valence-electron chi connectivity index (χ4n) is 5.91. The average Bonchev–Trinajstić information content (AvgIpc) is 3.40. The van der Waals surface area contributed by atoms with Crippen LogP contribution in [0.4, 0.5) is 0 Å². The molecule has 196 valence electrons. The SMILES string of the molecule is O=C([C@@H]1CCNC[C@H]1c1ccccc1)N1CCC(O)(Cn2cnc3c(ccn3-c3ccccn3)c2=O)CC1. The summed E-state index contributed by atoms with van der Waals surface area (Å²) in [7, 11) is 0. The second-order valence-electron chi connectivity index (χ2n) is 10.5. The van der Waals surface area contributed by atoms with E-state index in [0.717, 1.165) is 19.5 Å². The lowest BCUT2D eigenvalue weighted by molar-refractivity contribution is -0.141. The Bertz CT molecular complexity index is 1470. The third kappa shape index (κ3) is 4.63. The summed E-state index contributed by atoms with van der Waals surface area (Å²) in [5.74, 6) is 0.930. The molecule has 6 rings (SSSR count). The summed E-state index contributed by atoms with van der Waals surface area (Å²) in [6, 6.07) is 17.6. The summed E-state index contributed by atoms with van der Waals surface area (Å²) in [6.45, 7) is 2.71. The predicted octanol–water partition coefficient (Wildman–Crippen LogP) is 2.33. The number of nitrogens with zero attached hydrogens (tertiary/aromatic N) is 5. The molecule has 9 heteroatoms. The van der Waals surface area contributed by atoms with Gasteiger partial charge in [0.2, 0.25) is 5.91 Å². The summed E-state index contributed by atoms with van der Waals surface area (Å²) in [5.41, 5.74) is 0.446. The van der Waals surface area contributed by atoms with Crippen LogP contribution in [0.25, 0.3) is 16.9 Å². The molecule has 2 aliphatic rings. The number of aliphatic hydroxyl groups is 1. The topological polar surface area (TPSA) is 105 Å². The first-order valence-electron chi connectivity index (χ1n) is 13.3. The van der Waals surface area contributed by atoms with Crippen molar-refractivity contribution in [2.24, 2.45) is 5.92 Å². The van der Waals surface area contributed by atoms with Crippen LogP contribution in [0.2, 0.25) is 0 Å². The largest absolute Gasteiger partial charge is 0.388 e. The quantitative estimate of drug-likeness (QED) is 0.425. The molecule has 2 aliphatic heterocycles. The highest BCUT2D eigenvalue weighted by atomic mass is 16.3. The van der Waals surface area contributed by atoms with Crippen molar-refractivity contribution in [3.05, 3.63) is 89.2 Å². The molecule has 2 N–H and O–H groups in total. The number of carbonyl (C=O) groups is 1. The van der Waals surface area contributed by atoms with Gasteiger partial charge in [0.05, 0.1) is 17.5 Å². The number of likely N-dealkylation sites (tertiary alicyclic amines) is 1. The highest BCUT2D eigenvalue weighted by Gasteiger charge is 2.39. The molecule has 2 fully saturated rings. The number of rotatable bonds is 5. The van der Waals surface area contributed by atoms with Crippen LogP contribution in [-0.2, 0) is 11.3 Å². The van der Waals surface area contributed by atoms with Crippen molar-refractivity contribution in [1.82, 2.24) is 29.3 Å². The number of pyridine rings is 1. The van der Waals surface area contributed by atoms with Crippen LogP contribution in [0, 0.1) is 5.92 Å². The molecule has 1 aromatic carbocycles. The van der Waals surface area contributed by atoms with Gasteiger partial charge in [-0.1, -0.05) is 36.4 Å². The van der Waals surface area contributed by atoms with Gasteiger partial charge < -0.3 is 15.3 Å². The summed E-state index contributed by atoms with van der Waals surface area (Å²) in [4.78, 5) is 37.6. The number of piperidine rings is 2. The number of hydrogen-bond acceptors (Lipinski definition) is 6. The Morgan fingerprint density at radius 2 is 1.84 bits per heavy atom. The first-order chi connectivity index (χ1) is 18.5. The molecule has 4 aromatic rings. The van der Waals surface area contributed by atoms with Crippen molar-refractivity contribution in [1.29, 1.82) is 0 Å². The minimum atomic E-state index is -1.08. The number of hydrogen-bond donors (Lipinski definition) is 2. The fourth-order valence-corrected chi connectivity index (χ4v) is 5.91. The van der Waals surface area contributed by atoms with Crippen LogP contribution >= 0.6 is 0 Å². The number of benzene rings is 1. The zero-order valence-corrected chi connectivity index (χ0v) is 21.2. The van der Waals surface area contributed by atoms with Crippen molar-refractivity contribution in [2.75, 3.05) is 26.2 Å². The van der Waals surface area contributed by atoms with Gasteiger partial charge in [-0.3, -0.25) is 18.7 Å². The van der Waals surface area contributed by atoms with Crippen molar-refractivity contribution in [3.63, 3.8) is 0 Å². The monoisotopic (exact) mass is 512 g/mol. The molecule has 0 saturated carbocycles. The van der Waals surface area contributed by atoms with Crippen molar-refractivity contribution in [3.8, 4) is 5.82 Å². The molecule has 1 amide bonds. The third-order valence-electron chi connectivity index (χ3n) is 8.06. The number of fused-ring (bicyclic) bond motifs is 1. The van der Waals surface area contributed by atoms with Crippen LogP contribution in [0.15, 0.2) is 78.1 Å². The number of amides is 1. The Hall–Kier alpha value is -3.82. The molecule has 3 aromatic heterocycles. The van der Waals surface area contributed by atoms with E-state index >= 15 is 0 Å². The molecule has 9 nitrogen and oxygen atoms in total. The normalized spacial score (nSPS) is 21.4. The second-order valence-corrected chi connectivity index (χ2v) is 10.5. The van der Waals surface area contributed by atoms with E-state index in [1.54, 1.807) is 23.0 Å². The van der Waals surface area contributed by atoms with Gasteiger partial charge in [-0.15, -0.1) is 0 Å². The van der Waals surface area contributed by atoms with Gasteiger partial charge in [-0.05, 0) is 49.6 Å². The van der Waals surface area contributed by atoms with E-state index in [4.69, 9.17) is 0 Å². The van der Waals surface area contributed by atoms with E-state index in [0.29, 0.717) is 42.8 Å². The van der Waals surface area contributed by atoms with Crippen LogP contribution < -0.4 is 10.9 Å². The van der Waals surface area contributed by atoms with Gasteiger partial charge >= 0.3 is 0 Å². The maximum Gasteiger partial charge on any atom is 0.262 e. The van der Waals surface area contributed by atoms with Crippen molar-refractivity contribution in [2.45, 2.75) is 37.3 Å². The van der Waals surface area contributed by atoms with Crippen LogP contribution in [-0.4, -0.2) is 66.8 Å². The molecule has 2 saturated heterocycles. The van der Waals surface area contributed by atoms with Gasteiger partial charge in [-0.25, -0.2) is 9.97 Å². The van der Waals surface area contributed by atoms with Gasteiger partial charge in [0.15, 0.2) is 5.65 Å². The van der Waals surface area contributed by atoms with Gasteiger partial charge in [0.1, 0.15) is 12.1 Å². The summed E-state index contributed by atoms with van der Waals surface area (Å²) >= 11 is 0. The summed E-state index contributed by atoms with van der Waals surface area (Å²) in [6.07, 6.45) is 6.62. The fraction of sp³-hybridized carbons (Fsp3) is 0.379. The molecule has 0 radical (unpaired) electrons. The predicted molar refractivity (Wildman–Crippen MR) is 144 cm³/mol. The third-order valence-corrected chi connectivity index (χ3v) is 8.06. The highest BCUT2D eigenvalue weighted by molar-refractivity contribution is 5.80. The molecule has 0 spiro atoms. The van der Waals surface area contributed by atoms with E-state index < -0.39 is 5.60 Å². The van der Waals surface area contributed by atoms with E-state index in [2.05, 4.69) is 27.4 Å². The Morgan fingerprint density at radius 3 is 2.61 bits per heavy atom. The maximum absolute atomic E-state index is 13.6. The van der Waals surface area contributed by atoms with E-state index in [1.165, 1.54) is 16.5 Å². The van der Waals surface area contributed by atoms with Gasteiger partial charge in [0, 0.05) is 43.9 Å². The van der Waals surface area contributed by atoms with Crippen LogP contribution in [0.1, 0.15) is 30.7 Å². The molecule has 2 atom stereocenters. The molecule has 38 heavy (non-hydrogen) atoms. The molecular formula is C29H32N6O3. The van der Waals surface area contributed by atoms with E-state index in [-0.39, 0.29) is 29.8 Å². The zero-order chi connectivity index (χ0) is 26.1. The number of aromatic nitrogens is 4.